The van der Waals surface area contributed by atoms with Gasteiger partial charge in [0.1, 0.15) is 0 Å². The van der Waals surface area contributed by atoms with Crippen LogP contribution in [0.15, 0.2) is 72.8 Å². The molecule has 0 saturated heterocycles. The van der Waals surface area contributed by atoms with Gasteiger partial charge in [0, 0.05) is 59.8 Å². The average Bonchev–Trinajstić information content (AvgIpc) is 2.94. The van der Waals surface area contributed by atoms with Gasteiger partial charge in [-0.1, -0.05) is 12.1 Å². The molecule has 198 valence electrons. The van der Waals surface area contributed by atoms with E-state index in [9.17, 15) is 19.2 Å². The van der Waals surface area contributed by atoms with Gasteiger partial charge in [0.2, 0.25) is 0 Å². The zero-order chi connectivity index (χ0) is 27.7. The van der Waals surface area contributed by atoms with E-state index in [0.717, 1.165) is 0 Å². The van der Waals surface area contributed by atoms with Crippen molar-refractivity contribution < 1.29 is 19.2 Å². The molecular weight excluding hydrogens is 480 g/mol. The minimum atomic E-state index is -0.355. The van der Waals surface area contributed by atoms with Crippen molar-refractivity contribution in [1.82, 2.24) is 9.80 Å². The van der Waals surface area contributed by atoms with Crippen molar-refractivity contribution in [1.29, 1.82) is 0 Å². The van der Waals surface area contributed by atoms with Gasteiger partial charge in [-0.25, -0.2) is 0 Å². The molecule has 4 amide bonds. The largest absolute Gasteiger partial charge is 0.339 e. The maximum atomic E-state index is 12.8. The Kier molecular flexibility index (Phi) is 9.76. The minimum absolute atomic E-state index is 0.0931. The highest BCUT2D eigenvalue weighted by Gasteiger charge is 2.16. The van der Waals surface area contributed by atoms with Gasteiger partial charge in [-0.2, -0.15) is 0 Å². The number of hydrogen-bond acceptors (Lipinski definition) is 4. The highest BCUT2D eigenvalue weighted by Crippen LogP contribution is 2.17. The summed E-state index contributed by atoms with van der Waals surface area (Å²) in [6, 6.07) is 19.9. The molecule has 0 radical (unpaired) electrons. The molecule has 3 aromatic carbocycles. The van der Waals surface area contributed by atoms with Gasteiger partial charge in [-0.05, 0) is 88.4 Å². The first-order valence-corrected chi connectivity index (χ1v) is 12.8. The summed E-state index contributed by atoms with van der Waals surface area (Å²) < 4.78 is 0. The van der Waals surface area contributed by atoms with Crippen molar-refractivity contribution in [2.45, 2.75) is 27.7 Å². The smallest absolute Gasteiger partial charge is 0.255 e. The molecule has 0 unspecified atom stereocenters. The van der Waals surface area contributed by atoms with Gasteiger partial charge in [0.25, 0.3) is 23.6 Å². The lowest BCUT2D eigenvalue weighted by atomic mass is 10.1. The zero-order valence-electron chi connectivity index (χ0n) is 22.3. The van der Waals surface area contributed by atoms with Crippen LogP contribution in [0.4, 0.5) is 11.4 Å². The van der Waals surface area contributed by atoms with Gasteiger partial charge in [0.15, 0.2) is 0 Å². The van der Waals surface area contributed by atoms with Gasteiger partial charge < -0.3 is 20.4 Å². The van der Waals surface area contributed by atoms with Crippen molar-refractivity contribution >= 4 is 35.0 Å². The summed E-state index contributed by atoms with van der Waals surface area (Å²) in [5.41, 5.74) is 2.76. The van der Waals surface area contributed by atoms with E-state index in [1.807, 2.05) is 27.7 Å². The summed E-state index contributed by atoms with van der Waals surface area (Å²) in [6.45, 7) is 10.1. The fourth-order valence-electron chi connectivity index (χ4n) is 4.03. The van der Waals surface area contributed by atoms with Crippen LogP contribution in [-0.4, -0.2) is 59.6 Å². The first kappa shape index (κ1) is 28.1. The van der Waals surface area contributed by atoms with Gasteiger partial charge in [-0.15, -0.1) is 0 Å². The van der Waals surface area contributed by atoms with E-state index in [1.165, 1.54) is 0 Å². The summed E-state index contributed by atoms with van der Waals surface area (Å²) in [5, 5.41) is 5.61. The molecule has 8 heteroatoms. The molecule has 0 saturated carbocycles. The number of rotatable bonds is 10. The van der Waals surface area contributed by atoms with Gasteiger partial charge >= 0.3 is 0 Å². The fourth-order valence-corrected chi connectivity index (χ4v) is 4.03. The highest BCUT2D eigenvalue weighted by molar-refractivity contribution is 6.08. The standard InChI is InChI=1S/C30H34N4O4/c1-5-33(6-2)29(37)23-11-9-13-25(19-23)31-27(35)21-15-17-22(18-16-21)28(36)32-26-14-10-12-24(20-26)30(38)34(7-3)8-4/h9-20H,5-8H2,1-4H3,(H,31,35)(H,32,36). The minimum Gasteiger partial charge on any atom is -0.339 e. The van der Waals surface area contributed by atoms with Crippen LogP contribution in [0.2, 0.25) is 0 Å². The van der Waals surface area contributed by atoms with Crippen molar-refractivity contribution in [2.75, 3.05) is 36.8 Å². The lowest BCUT2D eigenvalue weighted by molar-refractivity contribution is 0.0765. The van der Waals surface area contributed by atoms with Crippen molar-refractivity contribution in [3.63, 3.8) is 0 Å². The van der Waals surface area contributed by atoms with E-state index in [0.29, 0.717) is 59.8 Å². The van der Waals surface area contributed by atoms with Crippen LogP contribution in [-0.2, 0) is 0 Å². The summed E-state index contributed by atoms with van der Waals surface area (Å²) >= 11 is 0. The summed E-state index contributed by atoms with van der Waals surface area (Å²) in [6.07, 6.45) is 0. The Morgan fingerprint density at radius 1 is 0.526 bits per heavy atom. The molecule has 0 bridgehead atoms. The van der Waals surface area contributed by atoms with E-state index >= 15 is 0 Å². The predicted octanol–water partition coefficient (Wildman–Crippen LogP) is 5.16. The number of carbonyl (C=O) groups excluding carboxylic acids is 4. The topological polar surface area (TPSA) is 98.8 Å². The first-order valence-electron chi connectivity index (χ1n) is 12.8. The normalized spacial score (nSPS) is 10.4. The number of nitrogens with one attached hydrogen (secondary N) is 2. The highest BCUT2D eigenvalue weighted by atomic mass is 16.2. The van der Waals surface area contributed by atoms with Gasteiger partial charge in [-0.3, -0.25) is 19.2 Å². The Balaban J connectivity index is 1.66. The van der Waals surface area contributed by atoms with E-state index in [1.54, 1.807) is 82.6 Å². The third kappa shape index (κ3) is 6.85. The lowest BCUT2D eigenvalue weighted by Gasteiger charge is -2.19. The summed E-state index contributed by atoms with van der Waals surface area (Å²) in [7, 11) is 0. The van der Waals surface area contributed by atoms with Crippen molar-refractivity contribution in [3.8, 4) is 0 Å². The molecule has 0 heterocycles. The predicted molar refractivity (Wildman–Crippen MR) is 150 cm³/mol. The molecule has 38 heavy (non-hydrogen) atoms. The second kappa shape index (κ2) is 13.2. The molecule has 0 spiro atoms. The quantitative estimate of drug-likeness (QED) is 0.391. The van der Waals surface area contributed by atoms with Crippen LogP contribution < -0.4 is 10.6 Å². The van der Waals surface area contributed by atoms with Crippen molar-refractivity contribution in [2.24, 2.45) is 0 Å². The van der Waals surface area contributed by atoms with E-state index in [4.69, 9.17) is 0 Å². The molecule has 0 aliphatic rings. The van der Waals surface area contributed by atoms with E-state index in [-0.39, 0.29) is 23.6 Å². The molecule has 3 aromatic rings. The molecule has 0 atom stereocenters. The Morgan fingerprint density at radius 3 is 1.18 bits per heavy atom. The molecule has 0 aromatic heterocycles. The number of anilines is 2. The van der Waals surface area contributed by atoms with Crippen LogP contribution in [0, 0.1) is 0 Å². The maximum absolute atomic E-state index is 12.8. The van der Waals surface area contributed by atoms with Crippen LogP contribution in [0.25, 0.3) is 0 Å². The second-order valence-electron chi connectivity index (χ2n) is 8.60. The number of amides is 4. The van der Waals surface area contributed by atoms with Crippen LogP contribution >= 0.6 is 0 Å². The Labute approximate surface area is 223 Å². The van der Waals surface area contributed by atoms with E-state index in [2.05, 4.69) is 10.6 Å². The average molecular weight is 515 g/mol. The molecule has 3 rings (SSSR count). The second-order valence-corrected chi connectivity index (χ2v) is 8.60. The van der Waals surface area contributed by atoms with Crippen LogP contribution in [0.3, 0.4) is 0 Å². The summed E-state index contributed by atoms with van der Waals surface area (Å²) in [5.74, 6) is -0.895. The Morgan fingerprint density at radius 2 is 0.868 bits per heavy atom. The summed E-state index contributed by atoms with van der Waals surface area (Å²) in [4.78, 5) is 54.2. The number of benzene rings is 3. The number of hydrogen-bond donors (Lipinski definition) is 2. The SMILES string of the molecule is CCN(CC)C(=O)c1cccc(NC(=O)c2ccc(C(=O)Nc3cccc(C(=O)N(CC)CC)c3)cc2)c1. The van der Waals surface area contributed by atoms with E-state index < -0.39 is 0 Å². The third-order valence-electron chi connectivity index (χ3n) is 6.25. The first-order chi connectivity index (χ1) is 18.3. The molecule has 0 fully saturated rings. The Hall–Kier alpha value is -4.46. The molecule has 0 aliphatic carbocycles. The molecule has 8 nitrogen and oxygen atoms in total. The molecule has 2 N–H and O–H groups in total. The van der Waals surface area contributed by atoms with Crippen molar-refractivity contribution in [3.05, 3.63) is 95.1 Å². The monoisotopic (exact) mass is 514 g/mol. The number of carbonyl (C=O) groups is 4. The van der Waals surface area contributed by atoms with Gasteiger partial charge in [0.05, 0.1) is 0 Å². The van der Waals surface area contributed by atoms with Crippen LogP contribution in [0.5, 0.6) is 0 Å². The van der Waals surface area contributed by atoms with Crippen LogP contribution in [0.1, 0.15) is 69.1 Å². The maximum Gasteiger partial charge on any atom is 0.255 e. The molecule has 0 aliphatic heterocycles. The third-order valence-corrected chi connectivity index (χ3v) is 6.25. The Bertz CT molecular complexity index is 1200. The lowest BCUT2D eigenvalue weighted by Crippen LogP contribution is -2.30. The number of nitrogens with zero attached hydrogens (tertiary/aromatic N) is 2. The zero-order valence-corrected chi connectivity index (χ0v) is 22.3. The molecular formula is C30H34N4O4. The fraction of sp³-hybridized carbons (Fsp3) is 0.267.